The van der Waals surface area contributed by atoms with Crippen molar-refractivity contribution in [3.63, 3.8) is 0 Å². The number of hydrogen-bond acceptors (Lipinski definition) is 4. The Morgan fingerprint density at radius 3 is 2.52 bits per heavy atom. The predicted octanol–water partition coefficient (Wildman–Crippen LogP) is 2.51. The maximum Gasteiger partial charge on any atom is 0.325 e. The van der Waals surface area contributed by atoms with Crippen molar-refractivity contribution >= 4 is 11.7 Å². The summed E-state index contributed by atoms with van der Waals surface area (Å²) in [5, 5.41) is 23.0. The van der Waals surface area contributed by atoms with Crippen molar-refractivity contribution in [1.82, 2.24) is 5.32 Å². The Morgan fingerprint density at radius 2 is 1.90 bits per heavy atom. The van der Waals surface area contributed by atoms with Crippen LogP contribution in [-0.4, -0.2) is 16.0 Å². The SMILES string of the molecule is O=C(O)C(NCc1ccccc1)c1cccc([N+](=O)[O-])c1. The van der Waals surface area contributed by atoms with Crippen molar-refractivity contribution < 1.29 is 14.8 Å². The van der Waals surface area contributed by atoms with Gasteiger partial charge in [-0.25, -0.2) is 0 Å². The molecule has 0 aliphatic rings. The standard InChI is InChI=1S/C15H14N2O4/c18-15(19)14(16-10-11-5-2-1-3-6-11)12-7-4-8-13(9-12)17(20)21/h1-9,14,16H,10H2,(H,18,19). The van der Waals surface area contributed by atoms with E-state index in [4.69, 9.17) is 0 Å². The highest BCUT2D eigenvalue weighted by Crippen LogP contribution is 2.20. The van der Waals surface area contributed by atoms with Gasteiger partial charge in [0, 0.05) is 18.7 Å². The first-order valence-electron chi connectivity index (χ1n) is 6.32. The fraction of sp³-hybridized carbons (Fsp3) is 0.133. The van der Waals surface area contributed by atoms with Crippen LogP contribution >= 0.6 is 0 Å². The summed E-state index contributed by atoms with van der Waals surface area (Å²) in [4.78, 5) is 21.6. The van der Waals surface area contributed by atoms with Gasteiger partial charge in [0.1, 0.15) is 6.04 Å². The summed E-state index contributed by atoms with van der Waals surface area (Å²) in [6, 6.07) is 14.0. The maximum atomic E-state index is 11.4. The minimum atomic E-state index is -1.08. The lowest BCUT2D eigenvalue weighted by Gasteiger charge is -2.14. The normalized spacial score (nSPS) is 11.8. The number of carbonyl (C=O) groups is 1. The summed E-state index contributed by atoms with van der Waals surface area (Å²) >= 11 is 0. The number of rotatable bonds is 6. The van der Waals surface area contributed by atoms with Crippen LogP contribution in [0.2, 0.25) is 0 Å². The molecule has 0 spiro atoms. The number of nitro groups is 1. The van der Waals surface area contributed by atoms with E-state index in [-0.39, 0.29) is 5.69 Å². The van der Waals surface area contributed by atoms with E-state index in [0.29, 0.717) is 12.1 Å². The molecule has 2 aromatic rings. The van der Waals surface area contributed by atoms with Gasteiger partial charge in [-0.15, -0.1) is 0 Å². The highest BCUT2D eigenvalue weighted by molar-refractivity contribution is 5.75. The van der Waals surface area contributed by atoms with E-state index in [9.17, 15) is 20.0 Å². The molecule has 1 atom stereocenters. The van der Waals surface area contributed by atoms with Gasteiger partial charge < -0.3 is 5.11 Å². The molecule has 21 heavy (non-hydrogen) atoms. The third kappa shape index (κ3) is 3.87. The number of nitrogens with one attached hydrogen (secondary N) is 1. The first-order chi connectivity index (χ1) is 10.1. The zero-order chi connectivity index (χ0) is 15.2. The molecular weight excluding hydrogens is 272 g/mol. The lowest BCUT2D eigenvalue weighted by Crippen LogP contribution is -2.28. The number of aliphatic carboxylic acids is 1. The lowest BCUT2D eigenvalue weighted by molar-refractivity contribution is -0.384. The van der Waals surface area contributed by atoms with E-state index in [2.05, 4.69) is 5.32 Å². The lowest BCUT2D eigenvalue weighted by atomic mass is 10.1. The van der Waals surface area contributed by atoms with E-state index < -0.39 is 16.9 Å². The third-order valence-electron chi connectivity index (χ3n) is 3.01. The Hall–Kier alpha value is -2.73. The van der Waals surface area contributed by atoms with Crippen LogP contribution in [0.1, 0.15) is 17.2 Å². The highest BCUT2D eigenvalue weighted by Gasteiger charge is 2.21. The van der Waals surface area contributed by atoms with Crippen LogP contribution in [-0.2, 0) is 11.3 Å². The molecule has 6 nitrogen and oxygen atoms in total. The van der Waals surface area contributed by atoms with Crippen LogP contribution in [0, 0.1) is 10.1 Å². The molecule has 0 saturated heterocycles. The van der Waals surface area contributed by atoms with Crippen molar-refractivity contribution in [2.75, 3.05) is 0 Å². The van der Waals surface area contributed by atoms with Gasteiger partial charge >= 0.3 is 5.97 Å². The molecule has 1 unspecified atom stereocenters. The van der Waals surface area contributed by atoms with E-state index in [1.807, 2.05) is 30.3 Å². The van der Waals surface area contributed by atoms with Crippen LogP contribution in [0.4, 0.5) is 5.69 Å². The predicted molar refractivity (Wildman–Crippen MR) is 76.8 cm³/mol. The van der Waals surface area contributed by atoms with Gasteiger partial charge in [-0.3, -0.25) is 20.2 Å². The van der Waals surface area contributed by atoms with E-state index in [0.717, 1.165) is 5.56 Å². The van der Waals surface area contributed by atoms with Crippen molar-refractivity contribution in [2.24, 2.45) is 0 Å². The topological polar surface area (TPSA) is 92.5 Å². The van der Waals surface area contributed by atoms with Crippen molar-refractivity contribution in [2.45, 2.75) is 12.6 Å². The number of hydrogen-bond donors (Lipinski definition) is 2. The molecule has 0 amide bonds. The molecule has 0 aliphatic carbocycles. The van der Waals surface area contributed by atoms with Gasteiger partial charge in [-0.1, -0.05) is 42.5 Å². The molecule has 0 aliphatic heterocycles. The molecule has 108 valence electrons. The number of non-ortho nitro benzene ring substituents is 1. The third-order valence-corrected chi connectivity index (χ3v) is 3.01. The molecule has 0 heterocycles. The Morgan fingerprint density at radius 1 is 1.19 bits per heavy atom. The molecule has 0 bridgehead atoms. The largest absolute Gasteiger partial charge is 0.480 e. The number of carboxylic acids is 1. The molecule has 2 N–H and O–H groups in total. The fourth-order valence-electron chi connectivity index (χ4n) is 1.98. The maximum absolute atomic E-state index is 11.4. The van der Waals surface area contributed by atoms with Gasteiger partial charge in [0.05, 0.1) is 4.92 Å². The van der Waals surface area contributed by atoms with Crippen LogP contribution in [0.5, 0.6) is 0 Å². The van der Waals surface area contributed by atoms with E-state index >= 15 is 0 Å². The first-order valence-corrected chi connectivity index (χ1v) is 6.32. The van der Waals surface area contributed by atoms with Gasteiger partial charge in [0.25, 0.3) is 5.69 Å². The minimum Gasteiger partial charge on any atom is -0.480 e. The number of benzene rings is 2. The molecular formula is C15H14N2O4. The first kappa shape index (κ1) is 14.7. The second-order valence-corrected chi connectivity index (χ2v) is 4.49. The summed E-state index contributed by atoms with van der Waals surface area (Å²) < 4.78 is 0. The number of nitro benzene ring substituents is 1. The Labute approximate surface area is 121 Å². The average Bonchev–Trinajstić information content (AvgIpc) is 2.48. The van der Waals surface area contributed by atoms with Crippen molar-refractivity contribution in [3.8, 4) is 0 Å². The quantitative estimate of drug-likeness (QED) is 0.628. The molecule has 6 heteroatoms. The summed E-state index contributed by atoms with van der Waals surface area (Å²) in [6.45, 7) is 0.362. The van der Waals surface area contributed by atoms with Gasteiger partial charge in [0.15, 0.2) is 0 Å². The Bertz CT molecular complexity index is 643. The average molecular weight is 286 g/mol. The number of nitrogens with zero attached hydrogens (tertiary/aromatic N) is 1. The van der Waals surface area contributed by atoms with Crippen LogP contribution in [0.25, 0.3) is 0 Å². The van der Waals surface area contributed by atoms with Gasteiger partial charge in [-0.2, -0.15) is 0 Å². The molecule has 0 saturated carbocycles. The molecule has 2 aromatic carbocycles. The van der Waals surface area contributed by atoms with Crippen molar-refractivity contribution in [3.05, 3.63) is 75.8 Å². The Balaban J connectivity index is 2.17. The van der Waals surface area contributed by atoms with Gasteiger partial charge in [0.2, 0.25) is 0 Å². The second-order valence-electron chi connectivity index (χ2n) is 4.49. The molecule has 0 aromatic heterocycles. The van der Waals surface area contributed by atoms with Crippen LogP contribution in [0.3, 0.4) is 0 Å². The van der Waals surface area contributed by atoms with E-state index in [1.54, 1.807) is 6.07 Å². The molecule has 2 rings (SSSR count). The van der Waals surface area contributed by atoms with E-state index in [1.165, 1.54) is 18.2 Å². The highest BCUT2D eigenvalue weighted by atomic mass is 16.6. The minimum absolute atomic E-state index is 0.125. The monoisotopic (exact) mass is 286 g/mol. The zero-order valence-electron chi connectivity index (χ0n) is 11.1. The summed E-state index contributed by atoms with van der Waals surface area (Å²) in [6.07, 6.45) is 0. The van der Waals surface area contributed by atoms with Crippen molar-refractivity contribution in [1.29, 1.82) is 0 Å². The second kappa shape index (κ2) is 6.62. The molecule has 0 radical (unpaired) electrons. The Kier molecular flexibility index (Phi) is 4.63. The summed E-state index contributed by atoms with van der Waals surface area (Å²) in [5.41, 5.74) is 1.17. The fourth-order valence-corrected chi connectivity index (χ4v) is 1.98. The van der Waals surface area contributed by atoms with Gasteiger partial charge in [-0.05, 0) is 11.1 Å². The van der Waals surface area contributed by atoms with Crippen LogP contribution in [0.15, 0.2) is 54.6 Å². The zero-order valence-corrected chi connectivity index (χ0v) is 11.1. The smallest absolute Gasteiger partial charge is 0.325 e. The molecule has 0 fully saturated rings. The van der Waals surface area contributed by atoms with Crippen LogP contribution < -0.4 is 5.32 Å². The number of carboxylic acid groups (broad SMARTS) is 1. The summed E-state index contributed by atoms with van der Waals surface area (Å²) in [5.74, 6) is -1.08. The summed E-state index contributed by atoms with van der Waals surface area (Å²) in [7, 11) is 0.